The number of benzene rings is 1. The van der Waals surface area contributed by atoms with Gasteiger partial charge in [-0.15, -0.1) is 0 Å². The molecule has 1 fully saturated rings. The second-order valence-electron chi connectivity index (χ2n) is 5.19. The number of rotatable bonds is 3. The maximum absolute atomic E-state index is 12.1. The molecule has 2 unspecified atom stereocenters. The number of ether oxygens (including phenoxy) is 1. The summed E-state index contributed by atoms with van der Waals surface area (Å²) in [5.74, 6) is 0.154. The van der Waals surface area contributed by atoms with Crippen molar-refractivity contribution in [3.63, 3.8) is 0 Å². The number of amides is 1. The van der Waals surface area contributed by atoms with Crippen LogP contribution in [0.1, 0.15) is 30.1 Å². The monoisotopic (exact) mass is 276 g/mol. The van der Waals surface area contributed by atoms with E-state index in [1.165, 1.54) is 7.11 Å². The van der Waals surface area contributed by atoms with Gasteiger partial charge in [-0.2, -0.15) is 0 Å². The van der Waals surface area contributed by atoms with E-state index in [-0.39, 0.29) is 17.9 Å². The largest absolute Gasteiger partial charge is 0.465 e. The molecule has 2 atom stereocenters. The van der Waals surface area contributed by atoms with Gasteiger partial charge in [0.05, 0.1) is 18.7 Å². The molecule has 5 nitrogen and oxygen atoms in total. The number of methoxy groups -OCH3 is 1. The number of carbonyl (C=O) groups is 2. The molecular formula is C15H20N2O3. The van der Waals surface area contributed by atoms with Crippen LogP contribution in [-0.4, -0.2) is 31.6 Å². The van der Waals surface area contributed by atoms with Crippen LogP contribution in [0.15, 0.2) is 24.3 Å². The third-order valence-electron chi connectivity index (χ3n) is 3.56. The Kier molecular flexibility index (Phi) is 4.74. The second kappa shape index (κ2) is 6.52. The molecule has 1 amide bonds. The standard InChI is InChI=1S/C15H20N2O3/c1-10-7-8-16-13(9-10)14(18)17-12-5-3-11(4-6-12)15(19)20-2/h3-6,10,13,16H,7-9H2,1-2H3,(H,17,18). The van der Waals surface area contributed by atoms with Gasteiger partial charge in [0, 0.05) is 5.69 Å². The summed E-state index contributed by atoms with van der Waals surface area (Å²) in [5, 5.41) is 6.08. The molecule has 108 valence electrons. The number of esters is 1. The first-order chi connectivity index (χ1) is 9.60. The van der Waals surface area contributed by atoms with Gasteiger partial charge >= 0.3 is 5.97 Å². The van der Waals surface area contributed by atoms with E-state index in [2.05, 4.69) is 22.3 Å². The summed E-state index contributed by atoms with van der Waals surface area (Å²) < 4.78 is 4.63. The Balaban J connectivity index is 1.95. The van der Waals surface area contributed by atoms with Gasteiger partial charge in [0.15, 0.2) is 0 Å². The van der Waals surface area contributed by atoms with E-state index in [1.54, 1.807) is 24.3 Å². The highest BCUT2D eigenvalue weighted by Gasteiger charge is 2.24. The van der Waals surface area contributed by atoms with Gasteiger partial charge < -0.3 is 15.4 Å². The van der Waals surface area contributed by atoms with Gasteiger partial charge in [0.1, 0.15) is 0 Å². The first-order valence-corrected chi connectivity index (χ1v) is 6.82. The van der Waals surface area contributed by atoms with Gasteiger partial charge in [-0.05, 0) is 49.6 Å². The lowest BCUT2D eigenvalue weighted by atomic mass is 9.94. The van der Waals surface area contributed by atoms with Gasteiger partial charge in [0.2, 0.25) is 5.91 Å². The maximum Gasteiger partial charge on any atom is 0.337 e. The molecule has 1 saturated heterocycles. The summed E-state index contributed by atoms with van der Waals surface area (Å²) in [6.07, 6.45) is 1.96. The Morgan fingerprint density at radius 2 is 2.00 bits per heavy atom. The summed E-state index contributed by atoms with van der Waals surface area (Å²) in [7, 11) is 1.34. The van der Waals surface area contributed by atoms with Crippen molar-refractivity contribution in [2.45, 2.75) is 25.8 Å². The molecule has 20 heavy (non-hydrogen) atoms. The quantitative estimate of drug-likeness (QED) is 0.826. The number of carbonyl (C=O) groups excluding carboxylic acids is 2. The minimum absolute atomic E-state index is 0.0256. The van der Waals surface area contributed by atoms with Crippen LogP contribution < -0.4 is 10.6 Å². The summed E-state index contributed by atoms with van der Waals surface area (Å²) >= 11 is 0. The molecule has 0 spiro atoms. The number of nitrogens with one attached hydrogen (secondary N) is 2. The first kappa shape index (κ1) is 14.5. The van der Waals surface area contributed by atoms with Gasteiger partial charge in [-0.1, -0.05) is 6.92 Å². The smallest absolute Gasteiger partial charge is 0.337 e. The number of anilines is 1. The second-order valence-corrected chi connectivity index (χ2v) is 5.19. The lowest BCUT2D eigenvalue weighted by Gasteiger charge is -2.27. The molecule has 1 aliphatic rings. The summed E-state index contributed by atoms with van der Waals surface area (Å²) in [5.41, 5.74) is 1.15. The highest BCUT2D eigenvalue weighted by atomic mass is 16.5. The highest BCUT2D eigenvalue weighted by Crippen LogP contribution is 2.17. The van der Waals surface area contributed by atoms with Crippen LogP contribution >= 0.6 is 0 Å². The predicted molar refractivity (Wildman–Crippen MR) is 76.6 cm³/mol. The van der Waals surface area contributed by atoms with E-state index < -0.39 is 0 Å². The van der Waals surface area contributed by atoms with Crippen molar-refractivity contribution in [1.82, 2.24) is 5.32 Å². The molecule has 0 radical (unpaired) electrons. The average Bonchev–Trinajstić information content (AvgIpc) is 2.47. The van der Waals surface area contributed by atoms with E-state index in [1.807, 2.05) is 0 Å². The Morgan fingerprint density at radius 1 is 1.30 bits per heavy atom. The van der Waals surface area contributed by atoms with Crippen molar-refractivity contribution < 1.29 is 14.3 Å². The van der Waals surface area contributed by atoms with Gasteiger partial charge in [-0.25, -0.2) is 4.79 Å². The zero-order valence-corrected chi connectivity index (χ0v) is 11.8. The van der Waals surface area contributed by atoms with Crippen molar-refractivity contribution >= 4 is 17.6 Å². The van der Waals surface area contributed by atoms with Crippen LogP contribution in [0, 0.1) is 5.92 Å². The van der Waals surface area contributed by atoms with E-state index >= 15 is 0 Å². The predicted octanol–water partition coefficient (Wildman–Crippen LogP) is 1.80. The van der Waals surface area contributed by atoms with Crippen molar-refractivity contribution in [3.05, 3.63) is 29.8 Å². The first-order valence-electron chi connectivity index (χ1n) is 6.82. The molecule has 2 rings (SSSR count). The normalized spacial score (nSPS) is 22.1. The Hall–Kier alpha value is -1.88. The van der Waals surface area contributed by atoms with Crippen LogP contribution in [0.2, 0.25) is 0 Å². The average molecular weight is 276 g/mol. The Bertz CT molecular complexity index is 484. The SMILES string of the molecule is COC(=O)c1ccc(NC(=O)C2CC(C)CCN2)cc1. The third-order valence-corrected chi connectivity index (χ3v) is 3.56. The fourth-order valence-corrected chi connectivity index (χ4v) is 2.34. The van der Waals surface area contributed by atoms with E-state index in [0.717, 1.165) is 19.4 Å². The van der Waals surface area contributed by atoms with Crippen LogP contribution in [0.25, 0.3) is 0 Å². The summed E-state index contributed by atoms with van der Waals surface area (Å²) in [4.78, 5) is 23.4. The lowest BCUT2D eigenvalue weighted by molar-refractivity contribution is -0.119. The van der Waals surface area contributed by atoms with E-state index in [4.69, 9.17) is 0 Å². The van der Waals surface area contributed by atoms with E-state index in [0.29, 0.717) is 17.2 Å². The fourth-order valence-electron chi connectivity index (χ4n) is 2.34. The molecule has 0 aliphatic carbocycles. The Morgan fingerprint density at radius 3 is 2.60 bits per heavy atom. The molecule has 0 bridgehead atoms. The minimum Gasteiger partial charge on any atom is -0.465 e. The molecule has 0 saturated carbocycles. The molecular weight excluding hydrogens is 256 g/mol. The van der Waals surface area contributed by atoms with Crippen LogP contribution in [0.3, 0.4) is 0 Å². The molecule has 1 aromatic carbocycles. The third kappa shape index (κ3) is 3.57. The number of hydrogen-bond donors (Lipinski definition) is 2. The minimum atomic E-state index is -0.384. The lowest BCUT2D eigenvalue weighted by Crippen LogP contribution is -2.45. The van der Waals surface area contributed by atoms with Crippen molar-refractivity contribution in [2.24, 2.45) is 5.92 Å². The zero-order chi connectivity index (χ0) is 14.5. The maximum atomic E-state index is 12.1. The van der Waals surface area contributed by atoms with Gasteiger partial charge in [-0.3, -0.25) is 4.79 Å². The summed E-state index contributed by atoms with van der Waals surface area (Å²) in [6.45, 7) is 3.03. The van der Waals surface area contributed by atoms with Crippen LogP contribution in [-0.2, 0) is 9.53 Å². The van der Waals surface area contributed by atoms with Gasteiger partial charge in [0.25, 0.3) is 0 Å². The molecule has 0 aromatic heterocycles. The highest BCUT2D eigenvalue weighted by molar-refractivity contribution is 5.95. The topological polar surface area (TPSA) is 67.4 Å². The summed E-state index contributed by atoms with van der Waals surface area (Å²) in [6, 6.07) is 6.54. The molecule has 2 N–H and O–H groups in total. The van der Waals surface area contributed by atoms with Crippen molar-refractivity contribution in [3.8, 4) is 0 Å². The van der Waals surface area contributed by atoms with E-state index in [9.17, 15) is 9.59 Å². The number of piperidine rings is 1. The zero-order valence-electron chi connectivity index (χ0n) is 11.8. The van der Waals surface area contributed by atoms with Crippen LogP contribution in [0.5, 0.6) is 0 Å². The number of hydrogen-bond acceptors (Lipinski definition) is 4. The Labute approximate surface area is 118 Å². The van der Waals surface area contributed by atoms with Crippen LogP contribution in [0.4, 0.5) is 5.69 Å². The molecule has 1 aromatic rings. The fraction of sp³-hybridized carbons (Fsp3) is 0.467. The molecule has 1 heterocycles. The molecule has 5 heteroatoms. The molecule has 1 aliphatic heterocycles. The van der Waals surface area contributed by atoms with Crippen molar-refractivity contribution in [1.29, 1.82) is 0 Å². The van der Waals surface area contributed by atoms with Crippen molar-refractivity contribution in [2.75, 3.05) is 19.0 Å².